The lowest BCUT2D eigenvalue weighted by Crippen LogP contribution is -2.32. The van der Waals surface area contributed by atoms with Crippen molar-refractivity contribution < 1.29 is 9.59 Å². The van der Waals surface area contributed by atoms with Crippen LogP contribution in [0.3, 0.4) is 0 Å². The average molecular weight is 325 g/mol. The maximum absolute atomic E-state index is 11.8. The second kappa shape index (κ2) is 7.29. The van der Waals surface area contributed by atoms with Crippen LogP contribution in [0.15, 0.2) is 30.5 Å². The molecule has 7 heteroatoms. The number of nitrogens with one attached hydrogen (secondary N) is 1. The minimum atomic E-state index is -0.567. The molecule has 22 heavy (non-hydrogen) atoms. The summed E-state index contributed by atoms with van der Waals surface area (Å²) in [7, 11) is 3.45. The van der Waals surface area contributed by atoms with Gasteiger partial charge in [-0.05, 0) is 30.5 Å². The van der Waals surface area contributed by atoms with Gasteiger partial charge in [-0.2, -0.15) is 0 Å². The molecule has 1 aromatic heterocycles. The van der Waals surface area contributed by atoms with Gasteiger partial charge < -0.3 is 20.5 Å². The molecule has 1 heterocycles. The Morgan fingerprint density at radius 1 is 1.32 bits per heavy atom. The standard InChI is InChI=1S/C15H20N4O2.ClH/c1-10(16)15(21)17-12-5-4-11-6-7-19(13(11)8-12)9-14(20)18(2)3;/h4-8,10H,9,16H2,1-3H3,(H,17,21);1H/t10-;/m1./s1. The van der Waals surface area contributed by atoms with E-state index >= 15 is 0 Å². The summed E-state index contributed by atoms with van der Waals surface area (Å²) in [6.07, 6.45) is 1.86. The smallest absolute Gasteiger partial charge is 0.241 e. The lowest BCUT2D eigenvalue weighted by Gasteiger charge is -2.12. The van der Waals surface area contributed by atoms with Crippen molar-refractivity contribution in [2.75, 3.05) is 19.4 Å². The second-order valence-corrected chi connectivity index (χ2v) is 5.28. The van der Waals surface area contributed by atoms with E-state index in [4.69, 9.17) is 5.73 Å². The molecule has 0 aliphatic heterocycles. The third-order valence-corrected chi connectivity index (χ3v) is 3.26. The molecule has 0 radical (unpaired) electrons. The highest BCUT2D eigenvalue weighted by Crippen LogP contribution is 2.20. The maximum atomic E-state index is 11.8. The molecule has 0 saturated carbocycles. The summed E-state index contributed by atoms with van der Waals surface area (Å²) in [6.45, 7) is 1.90. The Bertz CT molecular complexity index is 679. The highest BCUT2D eigenvalue weighted by Gasteiger charge is 2.11. The van der Waals surface area contributed by atoms with Gasteiger partial charge >= 0.3 is 0 Å². The summed E-state index contributed by atoms with van der Waals surface area (Å²) in [6, 6.07) is 6.94. The Morgan fingerprint density at radius 2 is 2.00 bits per heavy atom. The van der Waals surface area contributed by atoms with Crippen LogP contribution in [0.4, 0.5) is 5.69 Å². The summed E-state index contributed by atoms with van der Waals surface area (Å²) in [5.74, 6) is -0.227. The summed E-state index contributed by atoms with van der Waals surface area (Å²) >= 11 is 0. The maximum Gasteiger partial charge on any atom is 0.241 e. The van der Waals surface area contributed by atoms with Gasteiger partial charge in [0.2, 0.25) is 11.8 Å². The molecule has 0 fully saturated rings. The molecule has 0 unspecified atom stereocenters. The van der Waals surface area contributed by atoms with E-state index < -0.39 is 6.04 Å². The van der Waals surface area contributed by atoms with Crippen LogP contribution in [0.5, 0.6) is 0 Å². The van der Waals surface area contributed by atoms with Gasteiger partial charge in [-0.15, -0.1) is 12.4 Å². The van der Waals surface area contributed by atoms with Crippen LogP contribution >= 0.6 is 12.4 Å². The molecule has 0 spiro atoms. The third-order valence-electron chi connectivity index (χ3n) is 3.26. The van der Waals surface area contributed by atoms with E-state index in [0.717, 1.165) is 10.9 Å². The molecule has 3 N–H and O–H groups in total. The molecular formula is C15H21ClN4O2. The lowest BCUT2D eigenvalue weighted by molar-refractivity contribution is -0.129. The topological polar surface area (TPSA) is 80.4 Å². The first-order chi connectivity index (χ1) is 9.88. The second-order valence-electron chi connectivity index (χ2n) is 5.28. The van der Waals surface area contributed by atoms with Gasteiger partial charge in [0.15, 0.2) is 0 Å². The van der Waals surface area contributed by atoms with E-state index in [1.54, 1.807) is 25.9 Å². The van der Waals surface area contributed by atoms with Crippen LogP contribution in [0, 0.1) is 0 Å². The number of rotatable bonds is 4. The first-order valence-electron chi connectivity index (χ1n) is 6.74. The highest BCUT2D eigenvalue weighted by atomic mass is 35.5. The molecule has 2 rings (SSSR count). The van der Waals surface area contributed by atoms with E-state index in [0.29, 0.717) is 5.69 Å². The largest absolute Gasteiger partial charge is 0.347 e. The van der Waals surface area contributed by atoms with Crippen molar-refractivity contribution in [3.8, 4) is 0 Å². The molecule has 0 saturated heterocycles. The normalized spacial score (nSPS) is 11.6. The van der Waals surface area contributed by atoms with E-state index in [2.05, 4.69) is 5.32 Å². The molecule has 2 amide bonds. The average Bonchev–Trinajstić information content (AvgIpc) is 2.81. The number of likely N-dealkylation sites (N-methyl/N-ethyl adjacent to an activating group) is 1. The van der Waals surface area contributed by atoms with Gasteiger partial charge in [0.05, 0.1) is 11.6 Å². The van der Waals surface area contributed by atoms with Crippen molar-refractivity contribution in [2.45, 2.75) is 19.5 Å². The molecule has 2 aromatic rings. The third kappa shape index (κ3) is 3.99. The van der Waals surface area contributed by atoms with Gasteiger partial charge in [0.25, 0.3) is 0 Å². The minimum Gasteiger partial charge on any atom is -0.347 e. The van der Waals surface area contributed by atoms with Crippen molar-refractivity contribution >= 4 is 40.8 Å². The molecule has 1 aromatic carbocycles. The number of amides is 2. The number of benzene rings is 1. The summed E-state index contributed by atoms with van der Waals surface area (Å²) < 4.78 is 1.86. The number of carbonyl (C=O) groups is 2. The minimum absolute atomic E-state index is 0. The summed E-state index contributed by atoms with van der Waals surface area (Å²) in [5.41, 5.74) is 7.10. The van der Waals surface area contributed by atoms with Crippen LogP contribution in [0.1, 0.15) is 6.92 Å². The van der Waals surface area contributed by atoms with Crippen LogP contribution in [0.2, 0.25) is 0 Å². The number of fused-ring (bicyclic) bond motifs is 1. The van der Waals surface area contributed by atoms with E-state index in [-0.39, 0.29) is 30.8 Å². The first-order valence-corrected chi connectivity index (χ1v) is 6.74. The number of hydrogen-bond acceptors (Lipinski definition) is 3. The zero-order valence-electron chi connectivity index (χ0n) is 12.9. The fourth-order valence-electron chi connectivity index (χ4n) is 1.94. The Labute approximate surface area is 135 Å². The Kier molecular flexibility index (Phi) is 5.96. The van der Waals surface area contributed by atoms with E-state index in [9.17, 15) is 9.59 Å². The highest BCUT2D eigenvalue weighted by molar-refractivity contribution is 5.96. The molecular weight excluding hydrogens is 304 g/mol. The van der Waals surface area contributed by atoms with Gasteiger partial charge in [0, 0.05) is 26.0 Å². The van der Waals surface area contributed by atoms with Crippen LogP contribution in [-0.2, 0) is 16.1 Å². The predicted octanol–water partition coefficient (Wildman–Crippen LogP) is 1.44. The van der Waals surface area contributed by atoms with Crippen LogP contribution < -0.4 is 11.1 Å². The zero-order chi connectivity index (χ0) is 15.6. The predicted molar refractivity (Wildman–Crippen MR) is 90.2 cm³/mol. The summed E-state index contributed by atoms with van der Waals surface area (Å²) in [4.78, 5) is 25.0. The van der Waals surface area contributed by atoms with Gasteiger partial charge in [-0.25, -0.2) is 0 Å². The van der Waals surface area contributed by atoms with Crippen molar-refractivity contribution in [1.29, 1.82) is 0 Å². The first kappa shape index (κ1) is 18.0. The number of aromatic nitrogens is 1. The van der Waals surface area contributed by atoms with Gasteiger partial charge in [-0.1, -0.05) is 6.07 Å². The van der Waals surface area contributed by atoms with Crippen molar-refractivity contribution in [2.24, 2.45) is 5.73 Å². The van der Waals surface area contributed by atoms with Crippen LogP contribution in [0.25, 0.3) is 10.9 Å². The quantitative estimate of drug-likeness (QED) is 0.893. The van der Waals surface area contributed by atoms with Crippen molar-refractivity contribution in [3.63, 3.8) is 0 Å². The van der Waals surface area contributed by atoms with Crippen LogP contribution in [-0.4, -0.2) is 41.4 Å². The SMILES string of the molecule is C[C@@H](N)C(=O)Nc1ccc2ccn(CC(=O)N(C)C)c2c1.Cl. The zero-order valence-corrected chi connectivity index (χ0v) is 13.7. The van der Waals surface area contributed by atoms with Crippen molar-refractivity contribution in [3.05, 3.63) is 30.5 Å². The molecule has 6 nitrogen and oxygen atoms in total. The van der Waals surface area contributed by atoms with E-state index in [1.807, 2.05) is 35.0 Å². The van der Waals surface area contributed by atoms with Gasteiger partial charge in [-0.3, -0.25) is 9.59 Å². The Balaban J connectivity index is 0.00000242. The van der Waals surface area contributed by atoms with E-state index in [1.165, 1.54) is 0 Å². The number of nitrogens with zero attached hydrogens (tertiary/aromatic N) is 2. The number of carbonyl (C=O) groups excluding carboxylic acids is 2. The molecule has 120 valence electrons. The molecule has 0 bridgehead atoms. The fraction of sp³-hybridized carbons (Fsp3) is 0.333. The lowest BCUT2D eigenvalue weighted by atomic mass is 10.2. The number of hydrogen-bond donors (Lipinski definition) is 2. The van der Waals surface area contributed by atoms with Gasteiger partial charge in [0.1, 0.15) is 6.54 Å². The fourth-order valence-corrected chi connectivity index (χ4v) is 1.94. The number of nitrogens with two attached hydrogens (primary N) is 1. The molecule has 0 aliphatic carbocycles. The Morgan fingerprint density at radius 3 is 2.59 bits per heavy atom. The molecule has 1 atom stereocenters. The van der Waals surface area contributed by atoms with Crippen molar-refractivity contribution in [1.82, 2.24) is 9.47 Å². The number of anilines is 1. The Hall–Kier alpha value is -2.05. The summed E-state index contributed by atoms with van der Waals surface area (Å²) in [5, 5.41) is 3.77. The number of halogens is 1. The molecule has 0 aliphatic rings. The monoisotopic (exact) mass is 324 g/mol.